The van der Waals surface area contributed by atoms with Crippen LogP contribution in [0.4, 0.5) is 10.1 Å². The van der Waals surface area contributed by atoms with Gasteiger partial charge in [-0.25, -0.2) is 14.4 Å². The molecule has 2 aromatic heterocycles. The summed E-state index contributed by atoms with van der Waals surface area (Å²) in [5.41, 5.74) is 1.43. The molecule has 0 amide bonds. The Kier molecular flexibility index (Phi) is 4.19. The Morgan fingerprint density at radius 1 is 1.37 bits per heavy atom. The maximum atomic E-state index is 13.2. The first-order valence-corrected chi connectivity index (χ1v) is 8.29. The van der Waals surface area contributed by atoms with E-state index in [4.69, 9.17) is 4.42 Å². The SMILES string of the molecule is O=C(O)Cn1c(-c2cocn2)nc2c(c1=O)NC(c1ccc(F)cc1)CC2. The van der Waals surface area contributed by atoms with Gasteiger partial charge in [-0.05, 0) is 30.5 Å². The van der Waals surface area contributed by atoms with Gasteiger partial charge in [0.2, 0.25) is 0 Å². The van der Waals surface area contributed by atoms with Crippen LogP contribution in [0.3, 0.4) is 0 Å². The van der Waals surface area contributed by atoms with Gasteiger partial charge in [0, 0.05) is 0 Å². The number of nitrogens with one attached hydrogen (secondary N) is 1. The van der Waals surface area contributed by atoms with E-state index in [1.807, 2.05) is 0 Å². The lowest BCUT2D eigenvalue weighted by molar-refractivity contribution is -0.137. The number of hydrogen-bond acceptors (Lipinski definition) is 6. The van der Waals surface area contributed by atoms with Crippen LogP contribution in [0.15, 0.2) is 46.1 Å². The van der Waals surface area contributed by atoms with Gasteiger partial charge in [-0.1, -0.05) is 12.1 Å². The number of carboxylic acids is 1. The fourth-order valence-corrected chi connectivity index (χ4v) is 3.20. The monoisotopic (exact) mass is 370 g/mol. The number of fused-ring (bicyclic) bond motifs is 1. The van der Waals surface area contributed by atoms with Crippen molar-refractivity contribution in [2.45, 2.75) is 25.4 Å². The molecule has 0 bridgehead atoms. The number of oxazole rings is 1. The number of aromatic nitrogens is 3. The van der Waals surface area contributed by atoms with Crippen molar-refractivity contribution in [3.8, 4) is 11.5 Å². The molecule has 0 aliphatic carbocycles. The summed E-state index contributed by atoms with van der Waals surface area (Å²) in [6.07, 6.45) is 3.67. The lowest BCUT2D eigenvalue weighted by Gasteiger charge is -2.27. The normalized spacial score (nSPS) is 15.8. The largest absolute Gasteiger partial charge is 0.480 e. The molecule has 0 radical (unpaired) electrons. The molecule has 8 nitrogen and oxygen atoms in total. The molecule has 0 saturated heterocycles. The van der Waals surface area contributed by atoms with Crippen molar-refractivity contribution >= 4 is 11.7 Å². The number of carbonyl (C=O) groups is 1. The lowest BCUT2D eigenvalue weighted by Crippen LogP contribution is -2.33. The molecule has 1 unspecified atom stereocenters. The molecule has 9 heteroatoms. The predicted molar refractivity (Wildman–Crippen MR) is 92.7 cm³/mol. The second-order valence-electron chi connectivity index (χ2n) is 6.20. The molecular formula is C18H15FN4O4. The Morgan fingerprint density at radius 2 is 2.15 bits per heavy atom. The zero-order valence-corrected chi connectivity index (χ0v) is 14.1. The maximum absolute atomic E-state index is 13.2. The number of hydrogen-bond donors (Lipinski definition) is 2. The van der Waals surface area contributed by atoms with E-state index in [-0.39, 0.29) is 29.1 Å². The first kappa shape index (κ1) is 17.0. The fourth-order valence-electron chi connectivity index (χ4n) is 3.20. The summed E-state index contributed by atoms with van der Waals surface area (Å²) in [6, 6.07) is 5.85. The number of halogens is 1. The van der Waals surface area contributed by atoms with Crippen molar-refractivity contribution in [2.75, 3.05) is 5.32 Å². The van der Waals surface area contributed by atoms with Crippen LogP contribution in [0.2, 0.25) is 0 Å². The molecule has 4 rings (SSSR count). The molecule has 1 aromatic carbocycles. The topological polar surface area (TPSA) is 110 Å². The van der Waals surface area contributed by atoms with E-state index in [1.54, 1.807) is 12.1 Å². The van der Waals surface area contributed by atoms with Gasteiger partial charge < -0.3 is 14.8 Å². The van der Waals surface area contributed by atoms with Gasteiger partial charge in [0.05, 0.1) is 11.7 Å². The van der Waals surface area contributed by atoms with Crippen LogP contribution < -0.4 is 10.9 Å². The van der Waals surface area contributed by atoms with Gasteiger partial charge in [0.1, 0.15) is 30.0 Å². The fraction of sp³-hybridized carbons (Fsp3) is 0.222. The number of benzene rings is 1. The van der Waals surface area contributed by atoms with Crippen molar-refractivity contribution in [2.24, 2.45) is 0 Å². The quantitative estimate of drug-likeness (QED) is 0.724. The van der Waals surface area contributed by atoms with E-state index in [1.165, 1.54) is 24.8 Å². The van der Waals surface area contributed by atoms with Gasteiger partial charge in [0.25, 0.3) is 5.56 Å². The van der Waals surface area contributed by atoms with Gasteiger partial charge in [-0.3, -0.25) is 14.2 Å². The zero-order chi connectivity index (χ0) is 19.0. The maximum Gasteiger partial charge on any atom is 0.323 e. The molecule has 1 aliphatic rings. The highest BCUT2D eigenvalue weighted by Crippen LogP contribution is 2.31. The van der Waals surface area contributed by atoms with Crippen molar-refractivity contribution in [1.29, 1.82) is 0 Å². The van der Waals surface area contributed by atoms with Crippen LogP contribution in [0, 0.1) is 5.82 Å². The first-order valence-electron chi connectivity index (χ1n) is 8.29. The minimum Gasteiger partial charge on any atom is -0.480 e. The molecule has 0 saturated carbocycles. The first-order chi connectivity index (χ1) is 13.0. The number of aryl methyl sites for hydroxylation is 1. The number of anilines is 1. The number of rotatable bonds is 4. The van der Waals surface area contributed by atoms with Gasteiger partial charge >= 0.3 is 5.97 Å². The predicted octanol–water partition coefficient (Wildman–Crippen LogP) is 2.22. The number of nitrogens with zero attached hydrogens (tertiary/aromatic N) is 3. The van der Waals surface area contributed by atoms with Crippen molar-refractivity contribution in [3.63, 3.8) is 0 Å². The Morgan fingerprint density at radius 3 is 2.81 bits per heavy atom. The van der Waals surface area contributed by atoms with Crippen molar-refractivity contribution in [1.82, 2.24) is 14.5 Å². The molecule has 138 valence electrons. The highest BCUT2D eigenvalue weighted by atomic mass is 19.1. The number of aliphatic carboxylic acids is 1. The summed E-state index contributed by atoms with van der Waals surface area (Å²) in [6.45, 7) is -0.551. The van der Waals surface area contributed by atoms with E-state index < -0.39 is 18.1 Å². The minimum atomic E-state index is -1.17. The molecule has 3 aromatic rings. The second kappa shape index (κ2) is 6.67. The summed E-state index contributed by atoms with van der Waals surface area (Å²) >= 11 is 0. The van der Waals surface area contributed by atoms with Gasteiger partial charge in [-0.15, -0.1) is 0 Å². The van der Waals surface area contributed by atoms with Gasteiger partial charge in [-0.2, -0.15) is 0 Å². The minimum absolute atomic E-state index is 0.150. The van der Waals surface area contributed by atoms with Gasteiger partial charge in [0.15, 0.2) is 12.2 Å². The summed E-state index contributed by atoms with van der Waals surface area (Å²) in [5, 5.41) is 12.3. The van der Waals surface area contributed by atoms with Crippen LogP contribution in [0.1, 0.15) is 23.7 Å². The van der Waals surface area contributed by atoms with E-state index in [9.17, 15) is 19.1 Å². The Hall–Kier alpha value is -3.49. The average molecular weight is 370 g/mol. The summed E-state index contributed by atoms with van der Waals surface area (Å²) in [5.74, 6) is -1.36. The van der Waals surface area contributed by atoms with Crippen molar-refractivity contribution < 1.29 is 18.7 Å². The Bertz CT molecular complexity index is 1040. The van der Waals surface area contributed by atoms with E-state index in [0.717, 1.165) is 10.1 Å². The van der Waals surface area contributed by atoms with Crippen molar-refractivity contribution in [3.05, 3.63) is 64.4 Å². The Balaban J connectivity index is 1.78. The van der Waals surface area contributed by atoms with Crippen LogP contribution in [0.5, 0.6) is 0 Å². The highest BCUT2D eigenvalue weighted by Gasteiger charge is 2.27. The van der Waals surface area contributed by atoms with Crippen LogP contribution in [-0.2, 0) is 17.8 Å². The number of carboxylic acid groups (broad SMARTS) is 1. The van der Waals surface area contributed by atoms with E-state index >= 15 is 0 Å². The third-order valence-electron chi connectivity index (χ3n) is 4.46. The molecular weight excluding hydrogens is 355 g/mol. The third kappa shape index (κ3) is 3.19. The molecule has 1 atom stereocenters. The molecule has 2 N–H and O–H groups in total. The third-order valence-corrected chi connectivity index (χ3v) is 4.46. The summed E-state index contributed by atoms with van der Waals surface area (Å²) < 4.78 is 19.1. The zero-order valence-electron chi connectivity index (χ0n) is 14.1. The smallest absolute Gasteiger partial charge is 0.323 e. The molecule has 3 heterocycles. The molecule has 27 heavy (non-hydrogen) atoms. The molecule has 0 fully saturated rings. The highest BCUT2D eigenvalue weighted by molar-refractivity contribution is 5.68. The second-order valence-corrected chi connectivity index (χ2v) is 6.20. The van der Waals surface area contributed by atoms with Crippen LogP contribution in [-0.4, -0.2) is 25.6 Å². The summed E-state index contributed by atoms with van der Waals surface area (Å²) in [4.78, 5) is 32.7. The van der Waals surface area contributed by atoms with E-state index in [2.05, 4.69) is 15.3 Å². The van der Waals surface area contributed by atoms with E-state index in [0.29, 0.717) is 18.5 Å². The summed E-state index contributed by atoms with van der Waals surface area (Å²) in [7, 11) is 0. The Labute approximate surface area is 152 Å². The molecule has 0 spiro atoms. The standard InChI is InChI=1S/C18H15FN4O4/c19-11-3-1-10(2-4-11)12-5-6-13-16(21-12)18(26)23(7-15(24)25)17(22-13)14-8-27-9-20-14/h1-4,8-9,12,21H,5-7H2,(H,24,25). The van der Waals surface area contributed by atoms with Crippen LogP contribution in [0.25, 0.3) is 11.5 Å². The lowest BCUT2D eigenvalue weighted by atomic mass is 9.96. The van der Waals surface area contributed by atoms with Crippen LogP contribution >= 0.6 is 0 Å². The average Bonchev–Trinajstić information content (AvgIpc) is 3.18. The molecule has 1 aliphatic heterocycles.